The fraction of sp³-hybridized carbons (Fsp3) is 0.812. The van der Waals surface area contributed by atoms with Crippen LogP contribution in [0.25, 0.3) is 0 Å². The van der Waals surface area contributed by atoms with Crippen LogP contribution >= 0.6 is 11.8 Å². The first-order chi connectivity index (χ1) is 10.9. The Hall–Kier alpha value is -1.24. The normalized spacial score (nSPS) is 22.9. The number of aromatic nitrogens is 2. The highest BCUT2D eigenvalue weighted by atomic mass is 32.2. The predicted octanol–water partition coefficient (Wildman–Crippen LogP) is 3.70. The van der Waals surface area contributed by atoms with Gasteiger partial charge in [0.2, 0.25) is 5.89 Å². The van der Waals surface area contributed by atoms with Crippen LogP contribution < -0.4 is 0 Å². The lowest BCUT2D eigenvalue weighted by Gasteiger charge is -2.40. The molecule has 23 heavy (non-hydrogen) atoms. The Kier molecular flexibility index (Phi) is 6.33. The Balaban J connectivity index is 1.98. The van der Waals surface area contributed by atoms with E-state index in [1.165, 1.54) is 6.42 Å². The molecule has 2 heterocycles. The van der Waals surface area contributed by atoms with Crippen LogP contribution in [0, 0.1) is 0 Å². The Morgan fingerprint density at radius 1 is 1.43 bits per heavy atom. The summed E-state index contributed by atoms with van der Waals surface area (Å²) in [4.78, 5) is 20.8. The van der Waals surface area contributed by atoms with E-state index in [0.717, 1.165) is 18.6 Å². The van der Waals surface area contributed by atoms with Gasteiger partial charge < -0.3 is 14.3 Å². The lowest BCUT2D eigenvalue weighted by Crippen LogP contribution is -2.52. The number of thioether (sulfide) groups is 1. The number of nitrogens with zero attached hydrogens (tertiary/aromatic N) is 4. The third-order valence-electron chi connectivity index (χ3n) is 4.38. The molecule has 1 aliphatic heterocycles. The summed E-state index contributed by atoms with van der Waals surface area (Å²) in [6.07, 6.45) is 3.33. The molecule has 1 fully saturated rings. The van der Waals surface area contributed by atoms with Gasteiger partial charge in [-0.15, -0.1) is 0 Å². The Morgan fingerprint density at radius 3 is 2.70 bits per heavy atom. The first-order valence-electron chi connectivity index (χ1n) is 8.41. The minimum Gasteiger partial charge on any atom is -0.337 e. The molecule has 0 saturated carbocycles. The van der Waals surface area contributed by atoms with Crippen molar-refractivity contribution < 1.29 is 9.32 Å². The second-order valence-corrected chi connectivity index (χ2v) is 7.94. The number of hydrogen-bond donors (Lipinski definition) is 0. The summed E-state index contributed by atoms with van der Waals surface area (Å²) in [5, 5.41) is 4.24. The molecule has 2 rings (SSSR count). The van der Waals surface area contributed by atoms with Gasteiger partial charge in [-0.25, -0.2) is 4.79 Å². The molecule has 2 amide bonds. The summed E-state index contributed by atoms with van der Waals surface area (Å²) < 4.78 is 5.31. The maximum absolute atomic E-state index is 12.7. The topological polar surface area (TPSA) is 62.5 Å². The Bertz CT molecular complexity index is 512. The molecule has 6 nitrogen and oxygen atoms in total. The number of urea groups is 1. The number of amides is 2. The molecule has 0 aromatic carbocycles. The van der Waals surface area contributed by atoms with Gasteiger partial charge in [-0.1, -0.05) is 12.1 Å². The van der Waals surface area contributed by atoms with E-state index >= 15 is 0 Å². The average molecular weight is 340 g/mol. The molecule has 1 aliphatic rings. The fourth-order valence-electron chi connectivity index (χ4n) is 3.09. The summed E-state index contributed by atoms with van der Waals surface area (Å²) in [7, 11) is 1.80. The molecule has 130 valence electrons. The molecular weight excluding hydrogens is 312 g/mol. The van der Waals surface area contributed by atoms with Crippen molar-refractivity contribution >= 4 is 17.8 Å². The van der Waals surface area contributed by atoms with Crippen molar-refractivity contribution in [1.82, 2.24) is 19.9 Å². The van der Waals surface area contributed by atoms with Crippen LogP contribution in [0.5, 0.6) is 0 Å². The standard InChI is InChI=1S/C16H28N4O2S/c1-6-23-13(4)15-17-14(22-18-15)10-19(5)16(21)20-11(2)8-7-9-12(20)3/h11-13H,6-10H2,1-5H3. The lowest BCUT2D eigenvalue weighted by atomic mass is 9.98. The first-order valence-corrected chi connectivity index (χ1v) is 9.46. The molecule has 7 heteroatoms. The Labute approximate surface area is 143 Å². The zero-order chi connectivity index (χ0) is 17.0. The van der Waals surface area contributed by atoms with E-state index in [-0.39, 0.29) is 23.4 Å². The first kappa shape index (κ1) is 18.1. The van der Waals surface area contributed by atoms with E-state index < -0.39 is 0 Å². The van der Waals surface area contributed by atoms with Crippen LogP contribution in [0.2, 0.25) is 0 Å². The highest BCUT2D eigenvalue weighted by molar-refractivity contribution is 7.99. The van der Waals surface area contributed by atoms with Crippen LogP contribution in [0.4, 0.5) is 4.79 Å². The zero-order valence-corrected chi connectivity index (χ0v) is 15.6. The molecule has 3 atom stereocenters. The molecule has 0 spiro atoms. The van der Waals surface area contributed by atoms with Gasteiger partial charge in [-0.05, 0) is 45.8 Å². The van der Waals surface area contributed by atoms with E-state index in [9.17, 15) is 4.79 Å². The molecule has 0 radical (unpaired) electrons. The Morgan fingerprint density at radius 2 is 2.09 bits per heavy atom. The summed E-state index contributed by atoms with van der Waals surface area (Å²) >= 11 is 1.77. The van der Waals surface area contributed by atoms with Crippen molar-refractivity contribution in [3.8, 4) is 0 Å². The van der Waals surface area contributed by atoms with Crippen LogP contribution in [0.3, 0.4) is 0 Å². The van der Waals surface area contributed by atoms with Crippen LogP contribution in [-0.2, 0) is 6.54 Å². The molecule has 0 N–H and O–H groups in total. The highest BCUT2D eigenvalue weighted by Crippen LogP contribution is 2.26. The number of hydrogen-bond acceptors (Lipinski definition) is 5. The maximum atomic E-state index is 12.7. The van der Waals surface area contributed by atoms with Crippen molar-refractivity contribution in [2.75, 3.05) is 12.8 Å². The average Bonchev–Trinajstić information content (AvgIpc) is 2.95. The van der Waals surface area contributed by atoms with Gasteiger partial charge >= 0.3 is 6.03 Å². The van der Waals surface area contributed by atoms with Gasteiger partial charge in [0.1, 0.15) is 6.54 Å². The van der Waals surface area contributed by atoms with Gasteiger partial charge in [0.05, 0.1) is 5.25 Å². The van der Waals surface area contributed by atoms with Crippen LogP contribution in [0.15, 0.2) is 4.52 Å². The van der Waals surface area contributed by atoms with Crippen LogP contribution in [0.1, 0.15) is 63.9 Å². The summed E-state index contributed by atoms with van der Waals surface area (Å²) in [5.41, 5.74) is 0. The lowest BCUT2D eigenvalue weighted by molar-refractivity contribution is 0.0942. The number of carbonyl (C=O) groups excluding carboxylic acids is 1. The van der Waals surface area contributed by atoms with Crippen molar-refractivity contribution in [2.24, 2.45) is 0 Å². The van der Waals surface area contributed by atoms with Crippen molar-refractivity contribution in [3.05, 3.63) is 11.7 Å². The smallest absolute Gasteiger partial charge is 0.320 e. The van der Waals surface area contributed by atoms with E-state index in [0.29, 0.717) is 18.3 Å². The molecule has 1 aromatic heterocycles. The van der Waals surface area contributed by atoms with Gasteiger partial charge in [-0.2, -0.15) is 16.7 Å². The molecule has 0 aliphatic carbocycles. The number of carbonyl (C=O) groups is 1. The molecule has 0 bridgehead atoms. The van der Waals surface area contributed by atoms with E-state index in [4.69, 9.17) is 4.52 Å². The zero-order valence-electron chi connectivity index (χ0n) is 14.8. The summed E-state index contributed by atoms with van der Waals surface area (Å²) in [5.74, 6) is 2.21. The molecular formula is C16H28N4O2S. The number of likely N-dealkylation sites (tertiary alicyclic amines) is 1. The number of rotatable bonds is 5. The third kappa shape index (κ3) is 4.40. The predicted molar refractivity (Wildman–Crippen MR) is 92.3 cm³/mol. The molecule has 3 unspecified atom stereocenters. The number of piperidine rings is 1. The minimum absolute atomic E-state index is 0.0421. The monoisotopic (exact) mass is 340 g/mol. The van der Waals surface area contributed by atoms with Gasteiger partial charge in [-0.3, -0.25) is 0 Å². The summed E-state index contributed by atoms with van der Waals surface area (Å²) in [6.45, 7) is 8.77. The quantitative estimate of drug-likeness (QED) is 0.818. The largest absolute Gasteiger partial charge is 0.337 e. The van der Waals surface area contributed by atoms with E-state index in [2.05, 4.69) is 37.8 Å². The van der Waals surface area contributed by atoms with E-state index in [1.807, 2.05) is 4.90 Å². The van der Waals surface area contributed by atoms with Crippen molar-refractivity contribution in [3.63, 3.8) is 0 Å². The molecule has 1 saturated heterocycles. The molecule has 1 aromatic rings. The van der Waals surface area contributed by atoms with E-state index in [1.54, 1.807) is 23.7 Å². The fourth-order valence-corrected chi connectivity index (χ4v) is 3.83. The highest BCUT2D eigenvalue weighted by Gasteiger charge is 2.31. The van der Waals surface area contributed by atoms with Crippen molar-refractivity contribution in [2.45, 2.75) is 70.8 Å². The second-order valence-electron chi connectivity index (χ2n) is 6.32. The van der Waals surface area contributed by atoms with Gasteiger partial charge in [0, 0.05) is 19.1 Å². The third-order valence-corrected chi connectivity index (χ3v) is 5.42. The maximum Gasteiger partial charge on any atom is 0.320 e. The minimum atomic E-state index is 0.0421. The van der Waals surface area contributed by atoms with Gasteiger partial charge in [0.15, 0.2) is 5.82 Å². The second kappa shape index (κ2) is 8.04. The summed E-state index contributed by atoms with van der Waals surface area (Å²) in [6, 6.07) is 0.612. The van der Waals surface area contributed by atoms with Crippen molar-refractivity contribution in [1.29, 1.82) is 0 Å². The van der Waals surface area contributed by atoms with Gasteiger partial charge in [0.25, 0.3) is 0 Å². The van der Waals surface area contributed by atoms with Crippen LogP contribution in [-0.4, -0.2) is 50.9 Å². The SMILES string of the molecule is CCSC(C)c1noc(CN(C)C(=O)N2C(C)CCCC2C)n1.